The van der Waals surface area contributed by atoms with E-state index in [0.29, 0.717) is 0 Å². The fourth-order valence-corrected chi connectivity index (χ4v) is 3.04. The molecule has 0 aliphatic carbocycles. The van der Waals surface area contributed by atoms with Gasteiger partial charge in [0.15, 0.2) is 5.78 Å². The number of carbonyl (C=O) groups is 1. The van der Waals surface area contributed by atoms with E-state index in [0.717, 1.165) is 19.8 Å². The van der Waals surface area contributed by atoms with E-state index in [-0.39, 0.29) is 5.78 Å². The summed E-state index contributed by atoms with van der Waals surface area (Å²) < 4.78 is 0.994. The van der Waals surface area contributed by atoms with Crippen molar-refractivity contribution >= 4 is 44.4 Å². The third-order valence-electron chi connectivity index (χ3n) is 1.93. The van der Waals surface area contributed by atoms with Gasteiger partial charge < -0.3 is 0 Å². The van der Waals surface area contributed by atoms with Gasteiger partial charge in [0, 0.05) is 21.4 Å². The van der Waals surface area contributed by atoms with Crippen LogP contribution in [0, 0.1) is 6.92 Å². The summed E-state index contributed by atoms with van der Waals surface area (Å²) >= 11 is 6.49. The molecule has 0 atom stereocenters. The molecule has 2 rings (SSSR count). The molecule has 0 unspecified atom stereocenters. The van der Waals surface area contributed by atoms with Crippen molar-refractivity contribution < 1.29 is 4.79 Å². The summed E-state index contributed by atoms with van der Waals surface area (Å²) in [6, 6.07) is 3.75. The molecule has 0 amide bonds. The first kappa shape index (κ1) is 10.1. The van der Waals surface area contributed by atoms with Crippen molar-refractivity contribution in [3.05, 3.63) is 42.7 Å². The highest BCUT2D eigenvalue weighted by Crippen LogP contribution is 2.25. The van der Waals surface area contributed by atoms with Crippen molar-refractivity contribution in [2.45, 2.75) is 6.92 Å². The standard InChI is InChI=1S/C10H7BrOS2/c1-6-8(2-3-13-6)10(12)7-4-9(11)14-5-7/h2-5H,1H3. The van der Waals surface area contributed by atoms with Crippen LogP contribution in [0.15, 0.2) is 26.7 Å². The Labute approximate surface area is 98.5 Å². The minimum Gasteiger partial charge on any atom is -0.289 e. The maximum absolute atomic E-state index is 11.9. The average Bonchev–Trinajstić information content (AvgIpc) is 2.73. The van der Waals surface area contributed by atoms with Crippen LogP contribution in [-0.4, -0.2) is 5.78 Å². The molecule has 0 aliphatic rings. The Morgan fingerprint density at radius 1 is 1.43 bits per heavy atom. The molecule has 2 aromatic rings. The van der Waals surface area contributed by atoms with Crippen molar-refractivity contribution in [2.24, 2.45) is 0 Å². The number of hydrogen-bond donors (Lipinski definition) is 0. The summed E-state index contributed by atoms with van der Waals surface area (Å²) in [6.07, 6.45) is 0. The number of aryl methyl sites for hydroxylation is 1. The monoisotopic (exact) mass is 286 g/mol. The van der Waals surface area contributed by atoms with Crippen LogP contribution in [0.2, 0.25) is 0 Å². The zero-order chi connectivity index (χ0) is 10.1. The van der Waals surface area contributed by atoms with Crippen LogP contribution in [-0.2, 0) is 0 Å². The summed E-state index contributed by atoms with van der Waals surface area (Å²) in [4.78, 5) is 13.0. The Morgan fingerprint density at radius 2 is 2.21 bits per heavy atom. The zero-order valence-electron chi connectivity index (χ0n) is 7.41. The van der Waals surface area contributed by atoms with Crippen molar-refractivity contribution in [1.82, 2.24) is 0 Å². The lowest BCUT2D eigenvalue weighted by Crippen LogP contribution is -1.98. The van der Waals surface area contributed by atoms with E-state index in [9.17, 15) is 4.79 Å². The van der Waals surface area contributed by atoms with Gasteiger partial charge in [-0.05, 0) is 40.4 Å². The first-order chi connectivity index (χ1) is 6.68. The first-order valence-electron chi connectivity index (χ1n) is 4.01. The number of halogens is 1. The van der Waals surface area contributed by atoms with Gasteiger partial charge in [0.1, 0.15) is 0 Å². The van der Waals surface area contributed by atoms with Crippen LogP contribution in [0.1, 0.15) is 20.8 Å². The van der Waals surface area contributed by atoms with Gasteiger partial charge in [-0.3, -0.25) is 4.79 Å². The van der Waals surface area contributed by atoms with Gasteiger partial charge in [0.05, 0.1) is 3.79 Å². The summed E-state index contributed by atoms with van der Waals surface area (Å²) in [5.74, 6) is 0.116. The van der Waals surface area contributed by atoms with E-state index < -0.39 is 0 Å². The van der Waals surface area contributed by atoms with E-state index in [4.69, 9.17) is 0 Å². The highest BCUT2D eigenvalue weighted by Gasteiger charge is 2.13. The Balaban J connectivity index is 2.38. The van der Waals surface area contributed by atoms with Crippen LogP contribution in [0.4, 0.5) is 0 Å². The normalized spacial score (nSPS) is 10.4. The molecule has 72 valence electrons. The molecule has 0 bridgehead atoms. The number of carbonyl (C=O) groups excluding carboxylic acids is 1. The molecule has 0 saturated carbocycles. The first-order valence-corrected chi connectivity index (χ1v) is 6.56. The van der Waals surface area contributed by atoms with E-state index >= 15 is 0 Å². The third-order valence-corrected chi connectivity index (χ3v) is 4.28. The average molecular weight is 287 g/mol. The molecule has 0 aliphatic heterocycles. The minimum absolute atomic E-state index is 0.116. The van der Waals surface area contributed by atoms with Gasteiger partial charge in [0.25, 0.3) is 0 Å². The van der Waals surface area contributed by atoms with Crippen LogP contribution < -0.4 is 0 Å². The van der Waals surface area contributed by atoms with Gasteiger partial charge in [0.2, 0.25) is 0 Å². The molecule has 2 heterocycles. The molecule has 0 radical (unpaired) electrons. The van der Waals surface area contributed by atoms with Crippen molar-refractivity contribution in [3.63, 3.8) is 0 Å². The summed E-state index contributed by atoms with van der Waals surface area (Å²) in [7, 11) is 0. The van der Waals surface area contributed by atoms with Crippen LogP contribution in [0.3, 0.4) is 0 Å². The van der Waals surface area contributed by atoms with Crippen molar-refractivity contribution in [3.8, 4) is 0 Å². The molecular formula is C10H7BrOS2. The highest BCUT2D eigenvalue weighted by molar-refractivity contribution is 9.11. The maximum Gasteiger partial charge on any atom is 0.195 e. The molecule has 0 saturated heterocycles. The zero-order valence-corrected chi connectivity index (χ0v) is 10.6. The Kier molecular flexibility index (Phi) is 2.85. The summed E-state index contributed by atoms with van der Waals surface area (Å²) in [5.41, 5.74) is 1.59. The maximum atomic E-state index is 11.9. The second-order valence-electron chi connectivity index (χ2n) is 2.86. The van der Waals surface area contributed by atoms with Crippen LogP contribution in [0.5, 0.6) is 0 Å². The second kappa shape index (κ2) is 3.96. The molecule has 0 fully saturated rings. The second-order valence-corrected chi connectivity index (χ2v) is 6.27. The van der Waals surface area contributed by atoms with E-state index in [1.807, 2.05) is 29.8 Å². The van der Waals surface area contributed by atoms with Gasteiger partial charge in [-0.25, -0.2) is 0 Å². The summed E-state index contributed by atoms with van der Waals surface area (Å²) in [5, 5.41) is 3.83. The summed E-state index contributed by atoms with van der Waals surface area (Å²) in [6.45, 7) is 1.97. The van der Waals surface area contributed by atoms with Crippen LogP contribution >= 0.6 is 38.6 Å². The Hall–Kier alpha value is -0.450. The quantitative estimate of drug-likeness (QED) is 0.760. The molecule has 14 heavy (non-hydrogen) atoms. The Morgan fingerprint density at radius 3 is 2.71 bits per heavy atom. The number of rotatable bonds is 2. The smallest absolute Gasteiger partial charge is 0.195 e. The molecule has 1 nitrogen and oxygen atoms in total. The number of ketones is 1. The van der Waals surface area contributed by atoms with Crippen molar-refractivity contribution in [2.75, 3.05) is 0 Å². The fourth-order valence-electron chi connectivity index (χ4n) is 1.21. The van der Waals surface area contributed by atoms with E-state index in [1.165, 1.54) is 11.3 Å². The van der Waals surface area contributed by atoms with Gasteiger partial charge in [-0.15, -0.1) is 22.7 Å². The van der Waals surface area contributed by atoms with E-state index in [1.54, 1.807) is 11.3 Å². The predicted octanol–water partition coefficient (Wildman–Crippen LogP) is 4.11. The molecule has 0 spiro atoms. The topological polar surface area (TPSA) is 17.1 Å². The SMILES string of the molecule is Cc1sccc1C(=O)c1csc(Br)c1. The fraction of sp³-hybridized carbons (Fsp3) is 0.100. The van der Waals surface area contributed by atoms with E-state index in [2.05, 4.69) is 15.9 Å². The molecule has 0 aromatic carbocycles. The molecular weight excluding hydrogens is 280 g/mol. The molecule has 4 heteroatoms. The van der Waals surface area contributed by atoms with Crippen molar-refractivity contribution in [1.29, 1.82) is 0 Å². The lowest BCUT2D eigenvalue weighted by molar-refractivity contribution is 0.103. The third kappa shape index (κ3) is 1.82. The lowest BCUT2D eigenvalue weighted by Gasteiger charge is -1.95. The minimum atomic E-state index is 0.116. The van der Waals surface area contributed by atoms with Crippen LogP contribution in [0.25, 0.3) is 0 Å². The highest BCUT2D eigenvalue weighted by atomic mass is 79.9. The molecule has 0 N–H and O–H groups in total. The lowest BCUT2D eigenvalue weighted by atomic mass is 10.1. The number of hydrogen-bond acceptors (Lipinski definition) is 3. The largest absolute Gasteiger partial charge is 0.289 e. The number of thiophene rings is 2. The molecule has 2 aromatic heterocycles. The van der Waals surface area contributed by atoms with Gasteiger partial charge in [-0.2, -0.15) is 0 Å². The predicted molar refractivity (Wildman–Crippen MR) is 64.5 cm³/mol. The van der Waals surface area contributed by atoms with Gasteiger partial charge in [-0.1, -0.05) is 0 Å². The Bertz CT molecular complexity index is 470. The van der Waals surface area contributed by atoms with Gasteiger partial charge >= 0.3 is 0 Å².